The minimum atomic E-state index is -0.628. The first-order chi connectivity index (χ1) is 13.9. The summed E-state index contributed by atoms with van der Waals surface area (Å²) < 4.78 is 0. The number of hydrogen-bond acceptors (Lipinski definition) is 3. The van der Waals surface area contributed by atoms with Crippen LogP contribution in [0.1, 0.15) is 35.2 Å². The van der Waals surface area contributed by atoms with Crippen molar-refractivity contribution in [2.75, 3.05) is 4.90 Å². The average Bonchev–Trinajstić information content (AvgIpc) is 3.14. The molecule has 0 radical (unpaired) electrons. The number of quaternary nitrogens is 1. The van der Waals surface area contributed by atoms with Crippen molar-refractivity contribution >= 4 is 29.4 Å². The molecule has 2 saturated heterocycles. The Hall–Kier alpha value is -3.05. The Labute approximate surface area is 169 Å². The molecule has 2 aromatic carbocycles. The topological polar surface area (TPSA) is 58.9 Å². The molecule has 5 rings (SSSR count). The monoisotopic (exact) mass is 387 g/mol. The summed E-state index contributed by atoms with van der Waals surface area (Å²) in [6.07, 6.45) is 3.95. The van der Waals surface area contributed by atoms with Gasteiger partial charge >= 0.3 is 0 Å². The number of ketones is 1. The van der Waals surface area contributed by atoms with Gasteiger partial charge in [0.2, 0.25) is 11.8 Å². The van der Waals surface area contributed by atoms with Gasteiger partial charge in [-0.25, -0.2) is 4.90 Å². The lowest BCUT2D eigenvalue weighted by molar-refractivity contribution is -0.884. The lowest BCUT2D eigenvalue weighted by Crippen LogP contribution is -3.12. The maximum Gasteiger partial charge on any atom is 0.244 e. The summed E-state index contributed by atoms with van der Waals surface area (Å²) in [6.45, 7) is 5.44. The van der Waals surface area contributed by atoms with Crippen LogP contribution in [0, 0.1) is 25.7 Å². The van der Waals surface area contributed by atoms with Gasteiger partial charge in [0.1, 0.15) is 17.9 Å². The zero-order valence-corrected chi connectivity index (χ0v) is 16.7. The van der Waals surface area contributed by atoms with Crippen LogP contribution in [0.2, 0.25) is 0 Å². The zero-order chi connectivity index (χ0) is 20.4. The van der Waals surface area contributed by atoms with Crippen LogP contribution in [0.4, 0.5) is 5.69 Å². The van der Waals surface area contributed by atoms with E-state index in [9.17, 15) is 14.4 Å². The minimum absolute atomic E-state index is 0.0510. The highest BCUT2D eigenvalue weighted by atomic mass is 16.2. The molecule has 146 valence electrons. The molecular weight excluding hydrogens is 364 g/mol. The van der Waals surface area contributed by atoms with Crippen LogP contribution in [0.25, 0.3) is 6.08 Å². The minimum Gasteiger partial charge on any atom is -0.293 e. The van der Waals surface area contributed by atoms with Crippen molar-refractivity contribution in [3.05, 3.63) is 70.9 Å². The summed E-state index contributed by atoms with van der Waals surface area (Å²) in [4.78, 5) is 42.0. The quantitative estimate of drug-likeness (QED) is 0.802. The number of aryl methyl sites for hydroxylation is 2. The molecule has 0 aliphatic carbocycles. The van der Waals surface area contributed by atoms with Crippen molar-refractivity contribution in [3.63, 3.8) is 0 Å². The standard InChI is InChI=1S/C24H22N2O3/c1-13-10-14(2)12-17(11-13)26-23(28)19-20(24(26)29)22-18-7-5-4-6-16(18)8-9-25(22)21(19)15(3)27/h4-12,19-22H,1-3H3/p+1/t19-,20+,21-,22+/m0/s1. The molecule has 1 unspecified atom stereocenters. The summed E-state index contributed by atoms with van der Waals surface area (Å²) in [6, 6.07) is 12.9. The smallest absolute Gasteiger partial charge is 0.244 e. The third kappa shape index (κ3) is 2.47. The predicted molar refractivity (Wildman–Crippen MR) is 109 cm³/mol. The first kappa shape index (κ1) is 18.0. The summed E-state index contributed by atoms with van der Waals surface area (Å²) in [5.41, 5.74) is 4.69. The molecule has 1 N–H and O–H groups in total. The van der Waals surface area contributed by atoms with Gasteiger partial charge in [0, 0.05) is 12.5 Å². The van der Waals surface area contributed by atoms with Gasteiger partial charge in [0.25, 0.3) is 0 Å². The highest BCUT2D eigenvalue weighted by Gasteiger charge is 2.67. The van der Waals surface area contributed by atoms with E-state index in [1.165, 1.54) is 11.8 Å². The van der Waals surface area contributed by atoms with Gasteiger partial charge in [-0.1, -0.05) is 30.3 Å². The van der Waals surface area contributed by atoms with Gasteiger partial charge in [-0.05, 0) is 48.7 Å². The second-order valence-electron chi connectivity index (χ2n) is 8.44. The van der Waals surface area contributed by atoms with Crippen molar-refractivity contribution in [1.82, 2.24) is 0 Å². The maximum atomic E-state index is 13.6. The van der Waals surface area contributed by atoms with Gasteiger partial charge in [0.15, 0.2) is 11.8 Å². The lowest BCUT2D eigenvalue weighted by atomic mass is 9.84. The Kier molecular flexibility index (Phi) is 3.87. The molecule has 3 aliphatic heterocycles. The number of nitrogens with zero attached hydrogens (tertiary/aromatic N) is 1. The van der Waals surface area contributed by atoms with Crippen LogP contribution in [0.5, 0.6) is 0 Å². The number of amides is 2. The van der Waals surface area contributed by atoms with Crippen LogP contribution in [0.15, 0.2) is 48.7 Å². The van der Waals surface area contributed by atoms with E-state index < -0.39 is 17.9 Å². The third-order valence-corrected chi connectivity index (χ3v) is 6.52. The van der Waals surface area contributed by atoms with Gasteiger partial charge in [0.05, 0.1) is 11.9 Å². The maximum absolute atomic E-state index is 13.6. The van der Waals surface area contributed by atoms with E-state index in [2.05, 4.69) is 0 Å². The second-order valence-corrected chi connectivity index (χ2v) is 8.44. The first-order valence-electron chi connectivity index (χ1n) is 9.99. The Morgan fingerprint density at radius 3 is 2.31 bits per heavy atom. The molecule has 5 atom stereocenters. The number of rotatable bonds is 2. The van der Waals surface area contributed by atoms with Crippen molar-refractivity contribution in [1.29, 1.82) is 0 Å². The summed E-state index contributed by atoms with van der Waals surface area (Å²) in [5.74, 6) is -1.65. The molecule has 2 amide bonds. The molecule has 0 spiro atoms. The number of Topliss-reactive ketones (excluding diaryl/α,β-unsaturated/α-hetero) is 1. The SMILES string of the molecule is CC(=O)[C@H]1[C@H]2C(=O)N(c3cc(C)cc(C)c3)C(=O)[C@H]2[C@H]2c3ccccc3C=C[NH+]21. The van der Waals surface area contributed by atoms with Crippen LogP contribution in [0.3, 0.4) is 0 Å². The van der Waals surface area contributed by atoms with Crippen LogP contribution >= 0.6 is 0 Å². The van der Waals surface area contributed by atoms with E-state index in [1.54, 1.807) is 0 Å². The van der Waals surface area contributed by atoms with E-state index in [0.29, 0.717) is 5.69 Å². The second kappa shape index (κ2) is 6.22. The largest absolute Gasteiger partial charge is 0.293 e. The van der Waals surface area contributed by atoms with Crippen molar-refractivity contribution in [2.24, 2.45) is 11.8 Å². The normalized spacial score (nSPS) is 29.6. The lowest BCUT2D eigenvalue weighted by Gasteiger charge is -2.30. The van der Waals surface area contributed by atoms with E-state index in [4.69, 9.17) is 0 Å². The van der Waals surface area contributed by atoms with E-state index in [1.807, 2.05) is 68.6 Å². The van der Waals surface area contributed by atoms with Crippen LogP contribution < -0.4 is 9.80 Å². The van der Waals surface area contributed by atoms with E-state index in [-0.39, 0.29) is 23.6 Å². The summed E-state index contributed by atoms with van der Waals surface area (Å²) in [5, 5.41) is 0. The van der Waals surface area contributed by atoms with Crippen LogP contribution in [-0.4, -0.2) is 23.6 Å². The van der Waals surface area contributed by atoms with Crippen molar-refractivity contribution in [2.45, 2.75) is 32.9 Å². The molecule has 5 nitrogen and oxygen atoms in total. The molecule has 0 saturated carbocycles. The molecule has 2 aromatic rings. The van der Waals surface area contributed by atoms with Gasteiger partial charge in [-0.3, -0.25) is 19.3 Å². The number of hydrogen-bond donors (Lipinski definition) is 1. The van der Waals surface area contributed by atoms with Crippen molar-refractivity contribution < 1.29 is 19.3 Å². The van der Waals surface area contributed by atoms with E-state index >= 15 is 0 Å². The third-order valence-electron chi connectivity index (χ3n) is 6.52. The summed E-state index contributed by atoms with van der Waals surface area (Å²) in [7, 11) is 0. The molecule has 5 heteroatoms. The molecule has 3 aliphatic rings. The van der Waals surface area contributed by atoms with Crippen LogP contribution in [-0.2, 0) is 14.4 Å². The fourth-order valence-corrected chi connectivity index (χ4v) is 5.56. The number of benzene rings is 2. The fourth-order valence-electron chi connectivity index (χ4n) is 5.56. The highest BCUT2D eigenvalue weighted by molar-refractivity contribution is 6.23. The molecule has 3 heterocycles. The highest BCUT2D eigenvalue weighted by Crippen LogP contribution is 2.44. The fraction of sp³-hybridized carbons (Fsp3) is 0.292. The Morgan fingerprint density at radius 2 is 1.62 bits per heavy atom. The molecular formula is C24H23N2O3+. The van der Waals surface area contributed by atoms with Gasteiger partial charge < -0.3 is 0 Å². The van der Waals surface area contributed by atoms with E-state index in [0.717, 1.165) is 27.2 Å². The number of carbonyl (C=O) groups is 3. The molecule has 2 fully saturated rings. The van der Waals surface area contributed by atoms with Crippen molar-refractivity contribution in [3.8, 4) is 0 Å². The molecule has 0 aromatic heterocycles. The number of anilines is 1. The molecule has 0 bridgehead atoms. The van der Waals surface area contributed by atoms with Gasteiger partial charge in [-0.2, -0.15) is 0 Å². The summed E-state index contributed by atoms with van der Waals surface area (Å²) >= 11 is 0. The average molecular weight is 387 g/mol. The molecule has 29 heavy (non-hydrogen) atoms. The predicted octanol–water partition coefficient (Wildman–Crippen LogP) is 1.99. The number of nitrogens with one attached hydrogen (secondary N) is 1. The number of imide groups is 1. The number of carbonyl (C=O) groups excluding carboxylic acids is 3. The Bertz CT molecular complexity index is 1080. The first-order valence-corrected chi connectivity index (χ1v) is 9.99. The number of fused-ring (bicyclic) bond motifs is 5. The Balaban J connectivity index is 1.66. The Morgan fingerprint density at radius 1 is 0.966 bits per heavy atom. The van der Waals surface area contributed by atoms with Gasteiger partial charge in [-0.15, -0.1) is 0 Å². The zero-order valence-electron chi connectivity index (χ0n) is 16.7.